The van der Waals surface area contributed by atoms with Crippen LogP contribution >= 0.6 is 11.6 Å². The third kappa shape index (κ3) is 5.45. The fourth-order valence-corrected chi connectivity index (χ4v) is 7.25. The number of sulfonamides is 2. The highest BCUT2D eigenvalue weighted by Gasteiger charge is 2.29. The first kappa shape index (κ1) is 26.6. The number of ether oxygens (including phenoxy) is 1. The van der Waals surface area contributed by atoms with Crippen LogP contribution in [0.3, 0.4) is 0 Å². The number of anilines is 1. The van der Waals surface area contributed by atoms with E-state index in [1.165, 1.54) is 32.9 Å². The predicted molar refractivity (Wildman–Crippen MR) is 130 cm³/mol. The van der Waals surface area contributed by atoms with Gasteiger partial charge in [-0.2, -0.15) is 8.61 Å². The van der Waals surface area contributed by atoms with Gasteiger partial charge in [-0.15, -0.1) is 0 Å². The highest BCUT2D eigenvalue weighted by Crippen LogP contribution is 2.28. The van der Waals surface area contributed by atoms with Crippen molar-refractivity contribution in [3.63, 3.8) is 0 Å². The van der Waals surface area contributed by atoms with Gasteiger partial charge in [0.1, 0.15) is 4.90 Å². The standard InChI is InChI=1S/C22H28ClN3O6S2/c1-4-25(5-2)34(30,31)21-14-17(7-9-19(21)23)22(27)24-18-8-6-16(3)20(15-18)33(28,29)26-10-12-32-13-11-26/h6-9,14-15H,4-5,10-13H2,1-3H3,(H,24,27). The van der Waals surface area contributed by atoms with Crippen LogP contribution in [-0.4, -0.2) is 70.7 Å². The van der Waals surface area contributed by atoms with E-state index < -0.39 is 26.0 Å². The molecule has 1 fully saturated rings. The number of halogens is 1. The Labute approximate surface area is 205 Å². The molecule has 12 heteroatoms. The van der Waals surface area contributed by atoms with Crippen LogP contribution < -0.4 is 5.32 Å². The first-order valence-electron chi connectivity index (χ1n) is 10.8. The molecule has 1 heterocycles. The Morgan fingerprint density at radius 3 is 2.29 bits per heavy atom. The number of carbonyl (C=O) groups is 1. The van der Waals surface area contributed by atoms with Crippen molar-refractivity contribution in [3.05, 3.63) is 52.5 Å². The molecule has 2 aromatic rings. The zero-order chi connectivity index (χ0) is 25.1. The molecule has 2 aromatic carbocycles. The number of nitrogens with zero attached hydrogens (tertiary/aromatic N) is 2. The lowest BCUT2D eigenvalue weighted by atomic mass is 10.2. The quantitative estimate of drug-likeness (QED) is 0.562. The number of hydrogen-bond donors (Lipinski definition) is 1. The van der Waals surface area contributed by atoms with Crippen molar-refractivity contribution in [2.24, 2.45) is 0 Å². The minimum absolute atomic E-state index is 0.0117. The summed E-state index contributed by atoms with van der Waals surface area (Å²) in [5, 5.41) is 2.67. The zero-order valence-electron chi connectivity index (χ0n) is 19.2. The van der Waals surface area contributed by atoms with Gasteiger partial charge in [0.15, 0.2) is 0 Å². The summed E-state index contributed by atoms with van der Waals surface area (Å²) in [6, 6.07) is 8.61. The lowest BCUT2D eigenvalue weighted by Crippen LogP contribution is -2.40. The van der Waals surface area contributed by atoms with Crippen LogP contribution in [0.2, 0.25) is 5.02 Å². The number of benzene rings is 2. The fraction of sp³-hybridized carbons (Fsp3) is 0.409. The average Bonchev–Trinajstić information content (AvgIpc) is 2.81. The predicted octanol–water partition coefficient (Wildman–Crippen LogP) is 2.95. The van der Waals surface area contributed by atoms with Crippen molar-refractivity contribution in [1.29, 1.82) is 0 Å². The van der Waals surface area contributed by atoms with E-state index in [-0.39, 0.29) is 52.2 Å². The van der Waals surface area contributed by atoms with Crippen LogP contribution in [0.1, 0.15) is 29.8 Å². The van der Waals surface area contributed by atoms with E-state index in [4.69, 9.17) is 16.3 Å². The molecule has 186 valence electrons. The van der Waals surface area contributed by atoms with Gasteiger partial charge in [0, 0.05) is 37.4 Å². The summed E-state index contributed by atoms with van der Waals surface area (Å²) in [7, 11) is -7.64. The number of aryl methyl sites for hydroxylation is 1. The molecule has 1 aliphatic heterocycles. The Hall–Kier alpha value is -2.02. The lowest BCUT2D eigenvalue weighted by Gasteiger charge is -2.26. The largest absolute Gasteiger partial charge is 0.379 e. The van der Waals surface area contributed by atoms with E-state index in [9.17, 15) is 21.6 Å². The van der Waals surface area contributed by atoms with Crippen molar-refractivity contribution < 1.29 is 26.4 Å². The molecule has 0 bridgehead atoms. The van der Waals surface area contributed by atoms with Crippen molar-refractivity contribution >= 4 is 43.2 Å². The summed E-state index contributed by atoms with van der Waals surface area (Å²) in [5.74, 6) is -0.591. The SMILES string of the molecule is CCN(CC)S(=O)(=O)c1cc(C(=O)Nc2ccc(C)c(S(=O)(=O)N3CCOCC3)c2)ccc1Cl. The van der Waals surface area contributed by atoms with Crippen LogP contribution in [0.4, 0.5) is 5.69 Å². The van der Waals surface area contributed by atoms with Gasteiger partial charge in [0.2, 0.25) is 20.0 Å². The molecule has 0 unspecified atom stereocenters. The monoisotopic (exact) mass is 529 g/mol. The second-order valence-electron chi connectivity index (χ2n) is 7.69. The van der Waals surface area contributed by atoms with E-state index in [1.54, 1.807) is 32.9 Å². The molecule has 1 saturated heterocycles. The van der Waals surface area contributed by atoms with Gasteiger partial charge < -0.3 is 10.1 Å². The van der Waals surface area contributed by atoms with Crippen molar-refractivity contribution in [3.8, 4) is 0 Å². The maximum atomic E-state index is 13.1. The Morgan fingerprint density at radius 2 is 1.68 bits per heavy atom. The summed E-state index contributed by atoms with van der Waals surface area (Å²) in [5.41, 5.74) is 0.891. The van der Waals surface area contributed by atoms with Crippen molar-refractivity contribution in [2.75, 3.05) is 44.7 Å². The summed E-state index contributed by atoms with van der Waals surface area (Å²) in [4.78, 5) is 12.9. The maximum Gasteiger partial charge on any atom is 0.255 e. The molecule has 34 heavy (non-hydrogen) atoms. The van der Waals surface area contributed by atoms with Crippen LogP contribution in [0.15, 0.2) is 46.2 Å². The Balaban J connectivity index is 1.90. The van der Waals surface area contributed by atoms with Crippen LogP contribution in [-0.2, 0) is 24.8 Å². The molecule has 3 rings (SSSR count). The molecule has 1 N–H and O–H groups in total. The van der Waals surface area contributed by atoms with Gasteiger partial charge in [0.05, 0.1) is 23.1 Å². The molecule has 0 radical (unpaired) electrons. The Morgan fingerprint density at radius 1 is 1.03 bits per heavy atom. The van der Waals surface area contributed by atoms with Gasteiger partial charge in [-0.1, -0.05) is 31.5 Å². The number of nitrogens with one attached hydrogen (secondary N) is 1. The number of rotatable bonds is 8. The molecule has 9 nitrogen and oxygen atoms in total. The fourth-order valence-electron chi connectivity index (χ4n) is 3.63. The van der Waals surface area contributed by atoms with E-state index in [0.29, 0.717) is 18.8 Å². The second kappa shape index (κ2) is 10.7. The molecule has 0 atom stereocenters. The number of carbonyl (C=O) groups excluding carboxylic acids is 1. The topological polar surface area (TPSA) is 113 Å². The van der Waals surface area contributed by atoms with E-state index in [2.05, 4.69) is 5.32 Å². The van der Waals surface area contributed by atoms with Crippen molar-refractivity contribution in [1.82, 2.24) is 8.61 Å². The van der Waals surface area contributed by atoms with Crippen molar-refractivity contribution in [2.45, 2.75) is 30.6 Å². The van der Waals surface area contributed by atoms with Gasteiger partial charge >= 0.3 is 0 Å². The molecular formula is C22H28ClN3O6S2. The number of hydrogen-bond acceptors (Lipinski definition) is 6. The van der Waals surface area contributed by atoms with Gasteiger partial charge in [-0.25, -0.2) is 16.8 Å². The average molecular weight is 530 g/mol. The normalized spacial score (nSPS) is 15.4. The summed E-state index contributed by atoms with van der Waals surface area (Å²) >= 11 is 6.15. The molecular weight excluding hydrogens is 502 g/mol. The zero-order valence-corrected chi connectivity index (χ0v) is 21.6. The summed E-state index contributed by atoms with van der Waals surface area (Å²) < 4.78 is 59.9. The van der Waals surface area contributed by atoms with Gasteiger partial charge in [0.25, 0.3) is 5.91 Å². The third-order valence-electron chi connectivity index (χ3n) is 5.55. The minimum Gasteiger partial charge on any atom is -0.379 e. The molecule has 0 spiro atoms. The van der Waals surface area contributed by atoms with E-state index >= 15 is 0 Å². The van der Waals surface area contributed by atoms with E-state index in [1.807, 2.05) is 0 Å². The number of morpholine rings is 1. The van der Waals surface area contributed by atoms with Gasteiger partial charge in [-0.05, 0) is 42.8 Å². The molecule has 0 saturated carbocycles. The molecule has 0 aliphatic carbocycles. The first-order valence-corrected chi connectivity index (χ1v) is 14.1. The highest BCUT2D eigenvalue weighted by molar-refractivity contribution is 7.89. The highest BCUT2D eigenvalue weighted by atomic mass is 35.5. The maximum absolute atomic E-state index is 13.1. The molecule has 1 amide bonds. The van der Waals surface area contributed by atoms with Crippen LogP contribution in [0.5, 0.6) is 0 Å². The van der Waals surface area contributed by atoms with Crippen LogP contribution in [0, 0.1) is 6.92 Å². The molecule has 1 aliphatic rings. The smallest absolute Gasteiger partial charge is 0.255 e. The first-order chi connectivity index (χ1) is 16.0. The lowest BCUT2D eigenvalue weighted by molar-refractivity contribution is 0.0730. The molecule has 0 aromatic heterocycles. The minimum atomic E-state index is -3.88. The third-order valence-corrected chi connectivity index (χ3v) is 10.1. The van der Waals surface area contributed by atoms with Gasteiger partial charge in [-0.3, -0.25) is 4.79 Å². The Kier molecular flexibility index (Phi) is 8.38. The second-order valence-corrected chi connectivity index (χ2v) is 11.9. The summed E-state index contributed by atoms with van der Waals surface area (Å²) in [6.07, 6.45) is 0. The Bertz CT molecular complexity index is 1270. The van der Waals surface area contributed by atoms with Crippen LogP contribution in [0.25, 0.3) is 0 Å². The number of amides is 1. The van der Waals surface area contributed by atoms with E-state index in [0.717, 1.165) is 0 Å². The summed E-state index contributed by atoms with van der Waals surface area (Å²) in [6.45, 7) is 6.79.